The number of thioether (sulfide) groups is 1. The van der Waals surface area contributed by atoms with Crippen molar-refractivity contribution in [2.75, 3.05) is 7.11 Å². The third-order valence-corrected chi connectivity index (χ3v) is 6.29. The van der Waals surface area contributed by atoms with E-state index in [4.69, 9.17) is 4.74 Å². The molecule has 4 aromatic rings. The minimum Gasteiger partial charge on any atom is -0.465 e. The van der Waals surface area contributed by atoms with Crippen LogP contribution in [0.3, 0.4) is 0 Å². The second-order valence-corrected chi connectivity index (χ2v) is 8.15. The molecule has 0 fully saturated rings. The summed E-state index contributed by atoms with van der Waals surface area (Å²) in [6.07, 6.45) is 4.76. The summed E-state index contributed by atoms with van der Waals surface area (Å²) in [4.78, 5) is 17.9. The van der Waals surface area contributed by atoms with Gasteiger partial charge in [0, 0.05) is 29.6 Å². The van der Waals surface area contributed by atoms with Gasteiger partial charge in [0.25, 0.3) is 0 Å². The Hall–Kier alpha value is -2.65. The Morgan fingerprint density at radius 1 is 1.29 bits per heavy atom. The molecule has 0 aliphatic heterocycles. The number of esters is 1. The van der Waals surface area contributed by atoms with Gasteiger partial charge in [-0.3, -0.25) is 0 Å². The van der Waals surface area contributed by atoms with Gasteiger partial charge in [-0.1, -0.05) is 17.8 Å². The lowest BCUT2D eigenvalue weighted by atomic mass is 10.3. The fraction of sp³-hybridized carbons (Fsp3) is 0.263. The number of imidazole rings is 1. The predicted molar refractivity (Wildman–Crippen MR) is 109 cm³/mol. The molecule has 0 amide bonds. The van der Waals surface area contributed by atoms with E-state index in [-0.39, 0.29) is 5.97 Å². The lowest BCUT2D eigenvalue weighted by Gasteiger charge is -2.06. The van der Waals surface area contributed by atoms with Crippen LogP contribution in [0.15, 0.2) is 47.2 Å². The smallest absolute Gasteiger partial charge is 0.341 e. The number of aromatic nitrogens is 5. The fourth-order valence-corrected chi connectivity index (χ4v) is 4.54. The van der Waals surface area contributed by atoms with Crippen LogP contribution < -0.4 is 0 Å². The molecule has 0 aromatic carbocycles. The highest BCUT2D eigenvalue weighted by atomic mass is 32.2. The highest BCUT2D eigenvalue weighted by Crippen LogP contribution is 2.23. The molecule has 0 saturated heterocycles. The molecule has 4 heterocycles. The van der Waals surface area contributed by atoms with E-state index in [1.54, 1.807) is 29.2 Å². The number of nitrogens with zero attached hydrogens (tertiary/aromatic N) is 5. The van der Waals surface area contributed by atoms with Crippen molar-refractivity contribution in [2.45, 2.75) is 30.8 Å². The maximum Gasteiger partial charge on any atom is 0.341 e. The number of carbonyl (C=O) groups excluding carboxylic acids is 1. The van der Waals surface area contributed by atoms with Gasteiger partial charge < -0.3 is 13.7 Å². The number of rotatable bonds is 7. The van der Waals surface area contributed by atoms with Crippen LogP contribution in [0.1, 0.15) is 26.8 Å². The van der Waals surface area contributed by atoms with Crippen LogP contribution in [0.4, 0.5) is 0 Å². The zero-order valence-corrected chi connectivity index (χ0v) is 17.2. The summed E-state index contributed by atoms with van der Waals surface area (Å²) in [7, 11) is 1.37. The van der Waals surface area contributed by atoms with Crippen LogP contribution in [-0.2, 0) is 23.5 Å². The Labute approximate surface area is 170 Å². The van der Waals surface area contributed by atoms with Crippen molar-refractivity contribution >= 4 is 34.7 Å². The van der Waals surface area contributed by atoms with Crippen molar-refractivity contribution < 1.29 is 9.53 Å². The molecular weight excluding hydrogens is 394 g/mol. The number of carbonyl (C=O) groups is 1. The maximum absolute atomic E-state index is 11.9. The largest absolute Gasteiger partial charge is 0.465 e. The number of fused-ring (bicyclic) bond motifs is 1. The van der Waals surface area contributed by atoms with Gasteiger partial charge >= 0.3 is 5.97 Å². The van der Waals surface area contributed by atoms with E-state index in [9.17, 15) is 4.79 Å². The Kier molecular flexibility index (Phi) is 5.45. The summed E-state index contributed by atoms with van der Waals surface area (Å²) in [5.41, 5.74) is 1.92. The molecule has 144 valence electrons. The molecule has 28 heavy (non-hydrogen) atoms. The second kappa shape index (κ2) is 8.15. The first-order valence-electron chi connectivity index (χ1n) is 8.75. The monoisotopic (exact) mass is 413 g/mol. The quantitative estimate of drug-likeness (QED) is 0.340. The van der Waals surface area contributed by atoms with E-state index in [2.05, 4.69) is 37.3 Å². The fourth-order valence-electron chi connectivity index (χ4n) is 2.94. The standard InChI is InChI=1S/C19H19N5O2S2/c1-13-21-22-19(24(13)9-7-15-5-4-10-27-15)28-12-14-11-23-8-3-6-16(17(23)20-14)18(25)26-2/h3-6,8,10-11H,7,9,12H2,1-2H3. The van der Waals surface area contributed by atoms with E-state index < -0.39 is 0 Å². The number of hydrogen-bond acceptors (Lipinski definition) is 7. The Bertz CT molecular complexity index is 1100. The first kappa shape index (κ1) is 18.7. The van der Waals surface area contributed by atoms with E-state index in [0.717, 1.165) is 29.6 Å². The van der Waals surface area contributed by atoms with Crippen LogP contribution in [0.2, 0.25) is 0 Å². The highest BCUT2D eigenvalue weighted by molar-refractivity contribution is 7.98. The molecule has 9 heteroatoms. The van der Waals surface area contributed by atoms with Gasteiger partial charge in [0.2, 0.25) is 0 Å². The second-order valence-electron chi connectivity index (χ2n) is 6.18. The van der Waals surface area contributed by atoms with Gasteiger partial charge in [0.1, 0.15) is 11.4 Å². The summed E-state index contributed by atoms with van der Waals surface area (Å²) >= 11 is 3.36. The van der Waals surface area contributed by atoms with Crippen molar-refractivity contribution in [3.8, 4) is 0 Å². The SMILES string of the molecule is COC(=O)c1cccn2cc(CSc3nnc(C)n3CCc3cccs3)nc12. The third kappa shape index (κ3) is 3.81. The van der Waals surface area contributed by atoms with Gasteiger partial charge in [-0.2, -0.15) is 0 Å². The van der Waals surface area contributed by atoms with Crippen LogP contribution in [0, 0.1) is 6.92 Å². The molecule has 0 aliphatic carbocycles. The van der Waals surface area contributed by atoms with Crippen molar-refractivity contribution in [1.82, 2.24) is 24.1 Å². The number of hydrogen-bond donors (Lipinski definition) is 0. The molecule has 7 nitrogen and oxygen atoms in total. The summed E-state index contributed by atoms with van der Waals surface area (Å²) < 4.78 is 8.82. The zero-order chi connectivity index (χ0) is 19.5. The summed E-state index contributed by atoms with van der Waals surface area (Å²) in [5.74, 6) is 1.15. The topological polar surface area (TPSA) is 74.3 Å². The van der Waals surface area contributed by atoms with Gasteiger partial charge in [-0.25, -0.2) is 9.78 Å². The van der Waals surface area contributed by atoms with Crippen molar-refractivity contribution in [1.29, 1.82) is 0 Å². The lowest BCUT2D eigenvalue weighted by Crippen LogP contribution is -2.04. The van der Waals surface area contributed by atoms with Gasteiger partial charge in [0.15, 0.2) is 10.8 Å². The predicted octanol–water partition coefficient (Wildman–Crippen LogP) is 3.62. The number of aryl methyl sites for hydroxylation is 2. The first-order valence-corrected chi connectivity index (χ1v) is 10.6. The average molecular weight is 414 g/mol. The Balaban J connectivity index is 1.50. The number of pyridine rings is 1. The Morgan fingerprint density at radius 2 is 2.18 bits per heavy atom. The van der Waals surface area contributed by atoms with Gasteiger partial charge in [0.05, 0.1) is 12.8 Å². The summed E-state index contributed by atoms with van der Waals surface area (Å²) in [6.45, 7) is 2.82. The number of methoxy groups -OCH3 is 1. The van der Waals surface area contributed by atoms with E-state index in [1.165, 1.54) is 12.0 Å². The van der Waals surface area contributed by atoms with Crippen molar-refractivity contribution in [3.05, 3.63) is 64.0 Å². The minimum atomic E-state index is -0.389. The van der Waals surface area contributed by atoms with E-state index >= 15 is 0 Å². The third-order valence-electron chi connectivity index (χ3n) is 4.35. The summed E-state index contributed by atoms with van der Waals surface area (Å²) in [5, 5.41) is 11.5. The van der Waals surface area contributed by atoms with Crippen molar-refractivity contribution in [3.63, 3.8) is 0 Å². The van der Waals surface area contributed by atoms with Gasteiger partial charge in [-0.15, -0.1) is 21.5 Å². The molecule has 0 atom stereocenters. The first-order chi connectivity index (χ1) is 13.7. The van der Waals surface area contributed by atoms with E-state index in [0.29, 0.717) is 17.0 Å². The van der Waals surface area contributed by atoms with Gasteiger partial charge in [-0.05, 0) is 36.9 Å². The summed E-state index contributed by atoms with van der Waals surface area (Å²) in [6, 6.07) is 7.74. The highest BCUT2D eigenvalue weighted by Gasteiger charge is 2.15. The number of thiophene rings is 1. The number of ether oxygens (including phenoxy) is 1. The minimum absolute atomic E-state index is 0.389. The molecule has 0 N–H and O–H groups in total. The lowest BCUT2D eigenvalue weighted by molar-refractivity contribution is 0.0602. The molecule has 4 rings (SSSR count). The van der Waals surface area contributed by atoms with E-state index in [1.807, 2.05) is 29.8 Å². The molecule has 0 radical (unpaired) electrons. The molecule has 0 aliphatic rings. The molecule has 0 saturated carbocycles. The maximum atomic E-state index is 11.9. The van der Waals surface area contributed by atoms with Crippen molar-refractivity contribution in [2.24, 2.45) is 0 Å². The molecule has 0 spiro atoms. The molecule has 0 unspecified atom stereocenters. The normalized spacial score (nSPS) is 11.2. The molecule has 0 bridgehead atoms. The Morgan fingerprint density at radius 3 is 2.96 bits per heavy atom. The van der Waals surface area contributed by atoms with Crippen LogP contribution in [-0.4, -0.2) is 37.2 Å². The van der Waals surface area contributed by atoms with Crippen LogP contribution >= 0.6 is 23.1 Å². The van der Waals surface area contributed by atoms with Crippen LogP contribution in [0.25, 0.3) is 5.65 Å². The van der Waals surface area contributed by atoms with Crippen LogP contribution in [0.5, 0.6) is 0 Å². The average Bonchev–Trinajstić information content (AvgIpc) is 3.43. The molecule has 4 aromatic heterocycles. The zero-order valence-electron chi connectivity index (χ0n) is 15.5. The molecular formula is C19H19N5O2S2.